The first-order valence-corrected chi connectivity index (χ1v) is 12.1. The lowest BCUT2D eigenvalue weighted by Crippen LogP contribution is -2.46. The van der Waals surface area contributed by atoms with Gasteiger partial charge in [-0.15, -0.1) is 0 Å². The van der Waals surface area contributed by atoms with Crippen LogP contribution in [0.3, 0.4) is 0 Å². The highest BCUT2D eigenvalue weighted by atomic mass is 32.2. The summed E-state index contributed by atoms with van der Waals surface area (Å²) in [7, 11) is -3.37. The Bertz CT molecular complexity index is 1190. The molecule has 0 radical (unpaired) electrons. The van der Waals surface area contributed by atoms with Crippen molar-refractivity contribution in [3.63, 3.8) is 0 Å². The van der Waals surface area contributed by atoms with Crippen LogP contribution in [0.2, 0.25) is 0 Å². The number of nitrogens with one attached hydrogen (secondary N) is 1. The van der Waals surface area contributed by atoms with E-state index in [0.29, 0.717) is 12.1 Å². The summed E-state index contributed by atoms with van der Waals surface area (Å²) in [5.74, 6) is 0.0195. The third-order valence-corrected chi connectivity index (χ3v) is 7.16. The molecule has 162 valence electrons. The maximum atomic E-state index is 12.7. The van der Waals surface area contributed by atoms with Crippen molar-refractivity contribution in [3.05, 3.63) is 72.1 Å². The van der Waals surface area contributed by atoms with Crippen LogP contribution in [-0.4, -0.2) is 48.9 Å². The molecule has 3 aromatic rings. The van der Waals surface area contributed by atoms with Crippen molar-refractivity contribution in [2.75, 3.05) is 24.2 Å². The molecule has 2 heterocycles. The van der Waals surface area contributed by atoms with Gasteiger partial charge in [-0.25, -0.2) is 8.42 Å². The third-order valence-electron chi connectivity index (χ3n) is 5.88. The summed E-state index contributed by atoms with van der Waals surface area (Å²) >= 11 is 0. The van der Waals surface area contributed by atoms with Gasteiger partial charge in [-0.2, -0.15) is 4.31 Å². The first kappa shape index (κ1) is 21.3. The summed E-state index contributed by atoms with van der Waals surface area (Å²) < 4.78 is 26.9. The molecular weight excluding hydrogens is 410 g/mol. The van der Waals surface area contributed by atoms with E-state index in [1.54, 1.807) is 16.7 Å². The number of nitrogens with two attached hydrogens (primary N) is 1. The molecule has 8 heteroatoms. The Kier molecular flexibility index (Phi) is 5.93. The van der Waals surface area contributed by atoms with Gasteiger partial charge in [0.1, 0.15) is 5.84 Å². The summed E-state index contributed by atoms with van der Waals surface area (Å²) in [5.41, 5.74) is 8.33. The van der Waals surface area contributed by atoms with E-state index in [0.717, 1.165) is 48.0 Å². The number of sulfonamides is 1. The molecule has 0 atom stereocenters. The summed E-state index contributed by atoms with van der Waals surface area (Å²) in [5, 5.41) is 9.64. The molecule has 0 aliphatic carbocycles. The lowest BCUT2D eigenvalue weighted by atomic mass is 10.0. The number of nitrogens with zero attached hydrogens (tertiary/aromatic N) is 3. The topological polar surface area (TPSA) is 103 Å². The number of anilines is 1. The lowest BCUT2D eigenvalue weighted by molar-refractivity contribution is 0.270. The molecule has 1 aliphatic heterocycles. The van der Waals surface area contributed by atoms with Crippen LogP contribution in [-0.2, 0) is 16.6 Å². The molecule has 0 spiro atoms. The minimum Gasteiger partial charge on any atom is -0.384 e. The quantitative estimate of drug-likeness (QED) is 0.456. The van der Waals surface area contributed by atoms with Crippen LogP contribution < -0.4 is 10.6 Å². The van der Waals surface area contributed by atoms with Gasteiger partial charge in [0.05, 0.1) is 6.26 Å². The number of fused-ring (bicyclic) bond motifs is 1. The number of hydrogen-bond donors (Lipinski definition) is 2. The van der Waals surface area contributed by atoms with Gasteiger partial charge in [-0.05, 0) is 53.4 Å². The van der Waals surface area contributed by atoms with Crippen molar-refractivity contribution in [1.82, 2.24) is 9.29 Å². The SMILES string of the molecule is CS(=O)(=O)N(Cc1ccc2ccc(C(=N)N)cc2c1)C1CCN(c2ccncc2)CC1. The van der Waals surface area contributed by atoms with Gasteiger partial charge in [0.2, 0.25) is 10.0 Å². The van der Waals surface area contributed by atoms with Gasteiger partial charge in [0.15, 0.2) is 0 Å². The Labute approximate surface area is 183 Å². The van der Waals surface area contributed by atoms with E-state index in [2.05, 4.69) is 9.88 Å². The standard InChI is InChI=1S/C23H27N5O2S/c1-31(29,30)28(22-8-12-27(13-9-22)21-6-10-26-11-7-21)16-17-2-3-18-4-5-19(23(24)25)15-20(18)14-17/h2-7,10-11,14-15,22H,8-9,12-13,16H2,1H3,(H3,24,25). The second-order valence-electron chi connectivity index (χ2n) is 8.04. The van der Waals surface area contributed by atoms with Crippen LogP contribution in [0.1, 0.15) is 24.0 Å². The number of piperidine rings is 1. The van der Waals surface area contributed by atoms with Crippen molar-refractivity contribution in [2.24, 2.45) is 5.73 Å². The monoisotopic (exact) mass is 437 g/mol. The zero-order valence-electron chi connectivity index (χ0n) is 17.5. The van der Waals surface area contributed by atoms with Crippen LogP contribution in [0.4, 0.5) is 5.69 Å². The van der Waals surface area contributed by atoms with Crippen LogP contribution in [0, 0.1) is 5.41 Å². The average molecular weight is 438 g/mol. The fourth-order valence-electron chi connectivity index (χ4n) is 4.23. The van der Waals surface area contributed by atoms with E-state index in [-0.39, 0.29) is 11.9 Å². The highest BCUT2D eigenvalue weighted by molar-refractivity contribution is 7.88. The summed E-state index contributed by atoms with van der Waals surface area (Å²) in [6, 6.07) is 15.5. The highest BCUT2D eigenvalue weighted by Gasteiger charge is 2.30. The second kappa shape index (κ2) is 8.64. The predicted octanol–water partition coefficient (Wildman–Crippen LogP) is 2.95. The molecule has 3 N–H and O–H groups in total. The fourth-order valence-corrected chi connectivity index (χ4v) is 5.36. The van der Waals surface area contributed by atoms with Gasteiger partial charge < -0.3 is 10.6 Å². The van der Waals surface area contributed by atoms with Gasteiger partial charge in [-0.1, -0.05) is 24.3 Å². The number of amidine groups is 1. The first-order valence-electron chi connectivity index (χ1n) is 10.3. The molecule has 1 aromatic heterocycles. The molecule has 0 saturated carbocycles. The Morgan fingerprint density at radius 1 is 1.10 bits per heavy atom. The van der Waals surface area contributed by atoms with Gasteiger partial charge in [0, 0.05) is 49.3 Å². The number of aromatic nitrogens is 1. The molecule has 1 aliphatic rings. The minimum atomic E-state index is -3.37. The van der Waals surface area contributed by atoms with Crippen LogP contribution >= 0.6 is 0 Å². The van der Waals surface area contributed by atoms with Crippen LogP contribution in [0.5, 0.6) is 0 Å². The zero-order chi connectivity index (χ0) is 22.0. The molecule has 0 unspecified atom stereocenters. The van der Waals surface area contributed by atoms with Crippen molar-refractivity contribution in [2.45, 2.75) is 25.4 Å². The lowest BCUT2D eigenvalue weighted by Gasteiger charge is -2.38. The maximum absolute atomic E-state index is 12.7. The van der Waals surface area contributed by atoms with Crippen LogP contribution in [0.25, 0.3) is 10.8 Å². The Hall–Kier alpha value is -2.97. The number of benzene rings is 2. The van der Waals surface area contributed by atoms with Gasteiger partial charge in [0.25, 0.3) is 0 Å². The third kappa shape index (κ3) is 4.86. The molecule has 0 bridgehead atoms. The highest BCUT2D eigenvalue weighted by Crippen LogP contribution is 2.26. The molecule has 4 rings (SSSR count). The zero-order valence-corrected chi connectivity index (χ0v) is 18.3. The van der Waals surface area contributed by atoms with Gasteiger partial charge >= 0.3 is 0 Å². The molecule has 7 nitrogen and oxygen atoms in total. The van der Waals surface area contributed by atoms with E-state index >= 15 is 0 Å². The fraction of sp³-hybridized carbons (Fsp3) is 0.304. The summed E-state index contributed by atoms with van der Waals surface area (Å²) in [6.45, 7) is 1.94. The number of nitrogen functional groups attached to an aromatic ring is 1. The maximum Gasteiger partial charge on any atom is 0.211 e. The molecule has 31 heavy (non-hydrogen) atoms. The second-order valence-corrected chi connectivity index (χ2v) is 9.98. The first-order chi connectivity index (χ1) is 14.8. The Morgan fingerprint density at radius 3 is 2.42 bits per heavy atom. The van der Waals surface area contributed by atoms with E-state index in [1.807, 2.05) is 48.5 Å². The van der Waals surface area contributed by atoms with Crippen LogP contribution in [0.15, 0.2) is 60.9 Å². The minimum absolute atomic E-state index is 0.0195. The van der Waals surface area contributed by atoms with E-state index in [1.165, 1.54) is 6.26 Å². The van der Waals surface area contributed by atoms with Gasteiger partial charge in [-0.3, -0.25) is 10.4 Å². The van der Waals surface area contributed by atoms with Crippen molar-refractivity contribution >= 4 is 32.3 Å². The van der Waals surface area contributed by atoms with E-state index < -0.39 is 10.0 Å². The molecule has 0 amide bonds. The largest absolute Gasteiger partial charge is 0.384 e. The smallest absolute Gasteiger partial charge is 0.211 e. The normalized spacial score (nSPS) is 15.5. The number of rotatable bonds is 6. The molecule has 1 saturated heterocycles. The summed E-state index contributed by atoms with van der Waals surface area (Å²) in [4.78, 5) is 6.34. The predicted molar refractivity (Wildman–Crippen MR) is 125 cm³/mol. The molecule has 1 fully saturated rings. The Morgan fingerprint density at radius 2 is 1.77 bits per heavy atom. The molecule has 2 aromatic carbocycles. The van der Waals surface area contributed by atoms with Crippen molar-refractivity contribution in [3.8, 4) is 0 Å². The van der Waals surface area contributed by atoms with E-state index in [4.69, 9.17) is 11.1 Å². The van der Waals surface area contributed by atoms with E-state index in [9.17, 15) is 8.42 Å². The van der Waals surface area contributed by atoms with Crippen molar-refractivity contribution < 1.29 is 8.42 Å². The van der Waals surface area contributed by atoms with Crippen molar-refractivity contribution in [1.29, 1.82) is 5.41 Å². The molecular formula is C23H27N5O2S. The summed E-state index contributed by atoms with van der Waals surface area (Å²) in [6.07, 6.45) is 6.40. The number of pyridine rings is 1. The average Bonchev–Trinajstić information content (AvgIpc) is 2.77. The Balaban J connectivity index is 1.53. The number of hydrogen-bond acceptors (Lipinski definition) is 5.